The number of halogens is 1. The molecule has 3 atom stereocenters. The van der Waals surface area contributed by atoms with Crippen LogP contribution in [0.1, 0.15) is 49.4 Å². The fourth-order valence-electron chi connectivity index (χ4n) is 4.46. The highest BCUT2D eigenvalue weighted by Crippen LogP contribution is 2.37. The standard InChI is InChI=1S/C25H29FN2O4/c1-16(25(30)27-15-22-7-4-12-31-22)32-21-9-8-18-10-11-28(17(2)29)24(23(18)14-21)19-5-3-6-20(26)13-19/h3,5-6,8-9,13-14,16,22,24H,4,7,10-12,15H2,1-2H3,(H,27,30). The number of hydrogen-bond acceptors (Lipinski definition) is 4. The van der Waals surface area contributed by atoms with E-state index < -0.39 is 12.1 Å². The lowest BCUT2D eigenvalue weighted by Crippen LogP contribution is -2.40. The van der Waals surface area contributed by atoms with Gasteiger partial charge in [-0.05, 0) is 67.1 Å². The number of nitrogens with one attached hydrogen (secondary N) is 1. The van der Waals surface area contributed by atoms with Gasteiger partial charge in [-0.2, -0.15) is 0 Å². The molecular formula is C25H29FN2O4. The second-order valence-corrected chi connectivity index (χ2v) is 8.42. The van der Waals surface area contributed by atoms with Gasteiger partial charge in [0.15, 0.2) is 6.10 Å². The van der Waals surface area contributed by atoms with Gasteiger partial charge in [0.2, 0.25) is 5.91 Å². The third kappa shape index (κ3) is 4.93. The predicted octanol–water partition coefficient (Wildman–Crippen LogP) is 3.38. The highest BCUT2D eigenvalue weighted by Gasteiger charge is 2.31. The van der Waals surface area contributed by atoms with Gasteiger partial charge in [0, 0.05) is 26.6 Å². The number of carbonyl (C=O) groups is 2. The molecule has 2 aliphatic heterocycles. The van der Waals surface area contributed by atoms with E-state index in [1.54, 1.807) is 17.9 Å². The van der Waals surface area contributed by atoms with Crippen LogP contribution in [0.5, 0.6) is 5.75 Å². The number of carbonyl (C=O) groups excluding carboxylic acids is 2. The fraction of sp³-hybridized carbons (Fsp3) is 0.440. The lowest BCUT2D eigenvalue weighted by atomic mass is 9.88. The number of hydrogen-bond donors (Lipinski definition) is 1. The highest BCUT2D eigenvalue weighted by molar-refractivity contribution is 5.80. The molecule has 0 radical (unpaired) electrons. The first-order valence-electron chi connectivity index (χ1n) is 11.1. The minimum atomic E-state index is -0.686. The Morgan fingerprint density at radius 2 is 2.12 bits per heavy atom. The Morgan fingerprint density at radius 1 is 1.28 bits per heavy atom. The molecule has 0 aromatic heterocycles. The Labute approximate surface area is 187 Å². The lowest BCUT2D eigenvalue weighted by Gasteiger charge is -2.37. The molecule has 1 saturated heterocycles. The maximum Gasteiger partial charge on any atom is 0.260 e. The molecule has 170 valence electrons. The summed E-state index contributed by atoms with van der Waals surface area (Å²) >= 11 is 0. The van der Waals surface area contributed by atoms with E-state index in [4.69, 9.17) is 9.47 Å². The SMILES string of the molecule is CC(=O)N1CCc2ccc(OC(C)C(=O)NCC3CCCO3)cc2C1c1cccc(F)c1. The summed E-state index contributed by atoms with van der Waals surface area (Å²) in [4.78, 5) is 26.6. The van der Waals surface area contributed by atoms with Crippen molar-refractivity contribution < 1.29 is 23.5 Å². The van der Waals surface area contributed by atoms with Crippen LogP contribution in [0.15, 0.2) is 42.5 Å². The molecule has 7 heteroatoms. The van der Waals surface area contributed by atoms with Crippen molar-refractivity contribution in [3.05, 3.63) is 65.0 Å². The van der Waals surface area contributed by atoms with E-state index in [0.717, 1.165) is 30.6 Å². The normalized spacial score (nSPS) is 21.0. The van der Waals surface area contributed by atoms with Gasteiger partial charge in [0.1, 0.15) is 11.6 Å². The third-order valence-electron chi connectivity index (χ3n) is 6.12. The van der Waals surface area contributed by atoms with Gasteiger partial charge in [-0.3, -0.25) is 9.59 Å². The molecule has 2 aromatic carbocycles. The van der Waals surface area contributed by atoms with Crippen molar-refractivity contribution in [3.63, 3.8) is 0 Å². The van der Waals surface area contributed by atoms with Crippen molar-refractivity contribution >= 4 is 11.8 Å². The Kier molecular flexibility index (Phi) is 6.74. The number of nitrogens with zero attached hydrogens (tertiary/aromatic N) is 1. The number of ether oxygens (including phenoxy) is 2. The zero-order valence-corrected chi connectivity index (χ0v) is 18.5. The molecule has 1 N–H and O–H groups in total. The molecule has 0 aliphatic carbocycles. The zero-order chi connectivity index (χ0) is 22.7. The van der Waals surface area contributed by atoms with Crippen LogP contribution in [0.4, 0.5) is 4.39 Å². The second-order valence-electron chi connectivity index (χ2n) is 8.42. The first-order valence-corrected chi connectivity index (χ1v) is 11.1. The largest absolute Gasteiger partial charge is 0.481 e. The number of rotatable bonds is 6. The van der Waals surface area contributed by atoms with Crippen LogP contribution < -0.4 is 10.1 Å². The summed E-state index contributed by atoms with van der Waals surface area (Å²) < 4.78 is 25.4. The Balaban J connectivity index is 1.54. The summed E-state index contributed by atoms with van der Waals surface area (Å²) in [6.07, 6.45) is 2.06. The van der Waals surface area contributed by atoms with E-state index in [9.17, 15) is 14.0 Å². The van der Waals surface area contributed by atoms with Crippen LogP contribution >= 0.6 is 0 Å². The number of fused-ring (bicyclic) bond motifs is 1. The highest BCUT2D eigenvalue weighted by atomic mass is 19.1. The van der Waals surface area contributed by atoms with Crippen LogP contribution in [0.25, 0.3) is 0 Å². The summed E-state index contributed by atoms with van der Waals surface area (Å²) in [5.41, 5.74) is 2.68. The third-order valence-corrected chi connectivity index (χ3v) is 6.12. The van der Waals surface area contributed by atoms with Crippen molar-refractivity contribution in [1.82, 2.24) is 10.2 Å². The van der Waals surface area contributed by atoms with Gasteiger partial charge in [-0.25, -0.2) is 4.39 Å². The van der Waals surface area contributed by atoms with Crippen molar-refractivity contribution in [2.24, 2.45) is 0 Å². The first kappa shape index (κ1) is 22.3. The molecule has 0 spiro atoms. The smallest absolute Gasteiger partial charge is 0.260 e. The minimum absolute atomic E-state index is 0.0690. The van der Waals surface area contributed by atoms with Crippen molar-refractivity contribution in [1.29, 1.82) is 0 Å². The van der Waals surface area contributed by atoms with Crippen LogP contribution in [0.3, 0.4) is 0 Å². The molecule has 2 amide bonds. The van der Waals surface area contributed by atoms with E-state index in [1.165, 1.54) is 19.1 Å². The number of benzene rings is 2. The van der Waals surface area contributed by atoms with E-state index in [-0.39, 0.29) is 23.7 Å². The minimum Gasteiger partial charge on any atom is -0.481 e. The molecule has 3 unspecified atom stereocenters. The van der Waals surface area contributed by atoms with Crippen LogP contribution in [0, 0.1) is 5.82 Å². The lowest BCUT2D eigenvalue weighted by molar-refractivity contribution is -0.131. The second kappa shape index (κ2) is 9.69. The average Bonchev–Trinajstić information content (AvgIpc) is 3.30. The molecule has 1 fully saturated rings. The van der Waals surface area contributed by atoms with Crippen LogP contribution in [-0.4, -0.2) is 48.6 Å². The average molecular weight is 441 g/mol. The maximum atomic E-state index is 14.0. The summed E-state index contributed by atoms with van der Waals surface area (Å²) in [6.45, 7) is 5.01. The van der Waals surface area contributed by atoms with Gasteiger partial charge in [0.25, 0.3) is 5.91 Å². The van der Waals surface area contributed by atoms with Gasteiger partial charge < -0.3 is 19.7 Å². The molecule has 2 aromatic rings. The Hall–Kier alpha value is -2.93. The molecule has 2 heterocycles. The Bertz CT molecular complexity index is 990. The van der Waals surface area contributed by atoms with E-state index in [2.05, 4.69) is 5.32 Å². The monoisotopic (exact) mass is 440 g/mol. The molecule has 4 rings (SSSR count). The van der Waals surface area contributed by atoms with Gasteiger partial charge >= 0.3 is 0 Å². The Morgan fingerprint density at radius 3 is 2.84 bits per heavy atom. The first-order chi connectivity index (χ1) is 15.4. The van der Waals surface area contributed by atoms with Crippen LogP contribution in [0.2, 0.25) is 0 Å². The maximum absolute atomic E-state index is 14.0. The zero-order valence-electron chi connectivity index (χ0n) is 18.5. The molecule has 0 saturated carbocycles. The summed E-state index contributed by atoms with van der Waals surface area (Å²) in [5.74, 6) is -0.0826. The molecule has 6 nitrogen and oxygen atoms in total. The quantitative estimate of drug-likeness (QED) is 0.748. The fourth-order valence-corrected chi connectivity index (χ4v) is 4.46. The van der Waals surface area contributed by atoms with E-state index in [1.807, 2.05) is 24.3 Å². The van der Waals surface area contributed by atoms with Crippen molar-refractivity contribution in [2.75, 3.05) is 19.7 Å². The molecular weight excluding hydrogens is 411 g/mol. The van der Waals surface area contributed by atoms with Gasteiger partial charge in [0.05, 0.1) is 12.1 Å². The topological polar surface area (TPSA) is 67.9 Å². The van der Waals surface area contributed by atoms with Crippen molar-refractivity contribution in [3.8, 4) is 5.75 Å². The molecule has 2 aliphatic rings. The van der Waals surface area contributed by atoms with Gasteiger partial charge in [-0.1, -0.05) is 18.2 Å². The number of amides is 2. The van der Waals surface area contributed by atoms with Crippen LogP contribution in [-0.2, 0) is 20.7 Å². The summed E-state index contributed by atoms with van der Waals surface area (Å²) in [6, 6.07) is 11.6. The van der Waals surface area contributed by atoms with Crippen molar-refractivity contribution in [2.45, 2.75) is 51.4 Å². The predicted molar refractivity (Wildman–Crippen MR) is 118 cm³/mol. The summed E-state index contributed by atoms with van der Waals surface area (Å²) in [5, 5.41) is 2.89. The molecule has 32 heavy (non-hydrogen) atoms. The van der Waals surface area contributed by atoms with E-state index in [0.29, 0.717) is 30.8 Å². The van der Waals surface area contributed by atoms with Gasteiger partial charge in [-0.15, -0.1) is 0 Å². The summed E-state index contributed by atoms with van der Waals surface area (Å²) in [7, 11) is 0. The molecule has 0 bridgehead atoms. The van der Waals surface area contributed by atoms with E-state index >= 15 is 0 Å².